The normalized spacial score (nSPS) is 13.3. The summed E-state index contributed by atoms with van der Waals surface area (Å²) in [6, 6.07) is 7.36. The number of thioether (sulfide) groups is 1. The topological polar surface area (TPSA) is 84.9 Å². The van der Waals surface area contributed by atoms with Gasteiger partial charge >= 0.3 is 5.97 Å². The molecule has 21 heavy (non-hydrogen) atoms. The quantitative estimate of drug-likeness (QED) is 0.706. The van der Waals surface area contributed by atoms with Crippen LogP contribution in [0.3, 0.4) is 0 Å². The Balaban J connectivity index is 2.48. The Labute approximate surface area is 127 Å². The molecule has 0 aliphatic heterocycles. The third-order valence-corrected chi connectivity index (χ3v) is 3.51. The van der Waals surface area contributed by atoms with Crippen LogP contribution in [0.2, 0.25) is 0 Å². The smallest absolute Gasteiger partial charge is 0.334 e. The molecule has 0 radical (unpaired) electrons. The zero-order valence-electron chi connectivity index (χ0n) is 12.2. The molecule has 2 N–H and O–H groups in total. The summed E-state index contributed by atoms with van der Waals surface area (Å²) in [7, 11) is 1.28. The molecule has 1 amide bonds. The number of carboxylic acid groups (broad SMARTS) is 1. The molecule has 6 nitrogen and oxygen atoms in total. The lowest BCUT2D eigenvalue weighted by Crippen LogP contribution is -2.43. The number of nitrogens with one attached hydrogen (secondary N) is 1. The highest BCUT2D eigenvalue weighted by Crippen LogP contribution is 2.19. The fraction of sp³-hybridized carbons (Fsp3) is 0.429. The SMILES string of the molecule is COC(CNC(=O)C(C)Oc1ccc(SC)cc1)C(=O)O. The Morgan fingerprint density at radius 2 is 1.95 bits per heavy atom. The maximum atomic E-state index is 11.8. The molecular weight excluding hydrogens is 294 g/mol. The monoisotopic (exact) mass is 313 g/mol. The van der Waals surface area contributed by atoms with Crippen LogP contribution in [0.4, 0.5) is 0 Å². The van der Waals surface area contributed by atoms with E-state index in [0.717, 1.165) is 4.90 Å². The number of aliphatic carboxylic acids is 1. The second kappa shape index (κ2) is 8.53. The van der Waals surface area contributed by atoms with E-state index in [2.05, 4.69) is 5.32 Å². The van der Waals surface area contributed by atoms with Crippen LogP contribution in [0, 0.1) is 0 Å². The maximum absolute atomic E-state index is 11.8. The van der Waals surface area contributed by atoms with Crippen molar-refractivity contribution < 1.29 is 24.2 Å². The van der Waals surface area contributed by atoms with Crippen LogP contribution in [-0.4, -0.2) is 49.1 Å². The summed E-state index contributed by atoms with van der Waals surface area (Å²) in [6.45, 7) is 1.49. The van der Waals surface area contributed by atoms with Crippen molar-refractivity contribution in [1.29, 1.82) is 0 Å². The first kappa shape index (κ1) is 17.3. The Hall–Kier alpha value is -1.73. The minimum atomic E-state index is -1.13. The van der Waals surface area contributed by atoms with Crippen molar-refractivity contribution >= 4 is 23.6 Å². The van der Waals surface area contributed by atoms with Gasteiger partial charge in [-0.15, -0.1) is 11.8 Å². The minimum absolute atomic E-state index is 0.107. The summed E-state index contributed by atoms with van der Waals surface area (Å²) >= 11 is 1.61. The molecule has 0 aromatic heterocycles. The van der Waals surface area contributed by atoms with Gasteiger partial charge in [-0.3, -0.25) is 4.79 Å². The van der Waals surface area contributed by atoms with Gasteiger partial charge in [0.15, 0.2) is 12.2 Å². The van der Waals surface area contributed by atoms with Crippen LogP contribution in [0.15, 0.2) is 29.2 Å². The number of rotatable bonds is 8. The third kappa shape index (κ3) is 5.65. The van der Waals surface area contributed by atoms with E-state index in [1.54, 1.807) is 30.8 Å². The molecule has 0 spiro atoms. The van der Waals surface area contributed by atoms with Crippen molar-refractivity contribution in [3.8, 4) is 5.75 Å². The van der Waals surface area contributed by atoms with Crippen molar-refractivity contribution in [2.45, 2.75) is 24.0 Å². The van der Waals surface area contributed by atoms with E-state index in [9.17, 15) is 9.59 Å². The lowest BCUT2D eigenvalue weighted by Gasteiger charge is -2.16. The van der Waals surface area contributed by atoms with E-state index in [1.165, 1.54) is 7.11 Å². The molecule has 2 unspecified atom stereocenters. The predicted octanol–water partition coefficient (Wildman–Crippen LogP) is 1.39. The van der Waals surface area contributed by atoms with Crippen molar-refractivity contribution in [2.24, 2.45) is 0 Å². The Bertz CT molecular complexity index is 477. The maximum Gasteiger partial charge on any atom is 0.334 e. The van der Waals surface area contributed by atoms with Crippen molar-refractivity contribution in [2.75, 3.05) is 19.9 Å². The van der Waals surface area contributed by atoms with Crippen molar-refractivity contribution in [3.63, 3.8) is 0 Å². The number of carbonyl (C=O) groups is 2. The van der Waals surface area contributed by atoms with E-state index in [0.29, 0.717) is 5.75 Å². The zero-order valence-corrected chi connectivity index (χ0v) is 13.0. The van der Waals surface area contributed by atoms with E-state index < -0.39 is 24.1 Å². The van der Waals surface area contributed by atoms with Gasteiger partial charge in [0.1, 0.15) is 5.75 Å². The summed E-state index contributed by atoms with van der Waals surface area (Å²) < 4.78 is 10.2. The molecule has 0 fully saturated rings. The van der Waals surface area contributed by atoms with E-state index in [-0.39, 0.29) is 6.54 Å². The van der Waals surface area contributed by atoms with E-state index in [1.807, 2.05) is 18.4 Å². The molecule has 0 bridgehead atoms. The number of amides is 1. The molecule has 0 aliphatic carbocycles. The van der Waals surface area contributed by atoms with E-state index >= 15 is 0 Å². The predicted molar refractivity (Wildman–Crippen MR) is 79.8 cm³/mol. The second-order valence-corrected chi connectivity index (χ2v) is 5.12. The Kier molecular flexibility index (Phi) is 7.04. The number of hydrogen-bond donors (Lipinski definition) is 2. The van der Waals surface area contributed by atoms with Crippen LogP contribution < -0.4 is 10.1 Å². The average Bonchev–Trinajstić information content (AvgIpc) is 2.48. The van der Waals surface area contributed by atoms with Gasteiger partial charge < -0.3 is 19.9 Å². The first-order valence-corrected chi connectivity index (χ1v) is 7.54. The second-order valence-electron chi connectivity index (χ2n) is 4.24. The van der Waals surface area contributed by atoms with E-state index in [4.69, 9.17) is 14.6 Å². The molecule has 116 valence electrons. The molecule has 1 aromatic carbocycles. The highest BCUT2D eigenvalue weighted by molar-refractivity contribution is 7.98. The highest BCUT2D eigenvalue weighted by atomic mass is 32.2. The van der Waals surface area contributed by atoms with Gasteiger partial charge in [-0.2, -0.15) is 0 Å². The van der Waals surface area contributed by atoms with Crippen molar-refractivity contribution in [1.82, 2.24) is 5.32 Å². The Morgan fingerprint density at radius 1 is 1.33 bits per heavy atom. The van der Waals surface area contributed by atoms with Crippen molar-refractivity contribution in [3.05, 3.63) is 24.3 Å². The summed E-state index contributed by atoms with van der Waals surface area (Å²) in [4.78, 5) is 23.7. The molecular formula is C14H19NO5S. The minimum Gasteiger partial charge on any atom is -0.481 e. The first-order valence-electron chi connectivity index (χ1n) is 6.32. The van der Waals surface area contributed by atoms with Crippen LogP contribution >= 0.6 is 11.8 Å². The van der Waals surface area contributed by atoms with Crippen LogP contribution in [-0.2, 0) is 14.3 Å². The number of hydrogen-bond acceptors (Lipinski definition) is 5. The summed E-state index contributed by atoms with van der Waals surface area (Å²) in [5, 5.41) is 11.3. The summed E-state index contributed by atoms with van der Waals surface area (Å²) in [5.74, 6) is -0.941. The van der Waals surface area contributed by atoms with Gasteiger partial charge in [-0.1, -0.05) is 0 Å². The molecule has 0 saturated heterocycles. The fourth-order valence-electron chi connectivity index (χ4n) is 1.52. The highest BCUT2D eigenvalue weighted by Gasteiger charge is 2.20. The average molecular weight is 313 g/mol. The molecule has 2 atom stereocenters. The van der Waals surface area contributed by atoms with Crippen LogP contribution in [0.25, 0.3) is 0 Å². The lowest BCUT2D eigenvalue weighted by atomic mass is 10.3. The molecule has 0 aliphatic rings. The van der Waals surface area contributed by atoms with Gasteiger partial charge in [0.25, 0.3) is 5.91 Å². The molecule has 7 heteroatoms. The molecule has 1 aromatic rings. The fourth-order valence-corrected chi connectivity index (χ4v) is 1.93. The van der Waals surface area contributed by atoms with Gasteiger partial charge in [-0.25, -0.2) is 4.79 Å². The number of carbonyl (C=O) groups excluding carboxylic acids is 1. The number of benzene rings is 1. The largest absolute Gasteiger partial charge is 0.481 e. The third-order valence-electron chi connectivity index (χ3n) is 2.76. The van der Waals surface area contributed by atoms with Crippen LogP contribution in [0.5, 0.6) is 5.75 Å². The number of carboxylic acids is 1. The molecule has 0 heterocycles. The first-order chi connectivity index (χ1) is 9.97. The van der Waals surface area contributed by atoms with Gasteiger partial charge in [0.05, 0.1) is 6.54 Å². The van der Waals surface area contributed by atoms with Gasteiger partial charge in [-0.05, 0) is 37.4 Å². The number of methoxy groups -OCH3 is 1. The Morgan fingerprint density at radius 3 is 2.43 bits per heavy atom. The standard InChI is InChI=1S/C14H19NO5S/c1-9(13(16)15-8-12(19-2)14(17)18)20-10-4-6-11(21-3)7-5-10/h4-7,9,12H,8H2,1-3H3,(H,15,16)(H,17,18). The number of ether oxygens (including phenoxy) is 2. The van der Waals surface area contributed by atoms with Crippen LogP contribution in [0.1, 0.15) is 6.92 Å². The van der Waals surface area contributed by atoms with Gasteiger partial charge in [0, 0.05) is 12.0 Å². The summed E-state index contributed by atoms with van der Waals surface area (Å²) in [6.07, 6.45) is 0.180. The zero-order chi connectivity index (χ0) is 15.8. The lowest BCUT2D eigenvalue weighted by molar-refractivity contribution is -0.148. The molecule has 1 rings (SSSR count). The molecule has 0 saturated carbocycles. The summed E-state index contributed by atoms with van der Waals surface area (Å²) in [5.41, 5.74) is 0. The van der Waals surface area contributed by atoms with Gasteiger partial charge in [0.2, 0.25) is 0 Å².